The topological polar surface area (TPSA) is 38.7 Å². The van der Waals surface area contributed by atoms with Crippen LogP contribution < -0.4 is 0 Å². The lowest BCUT2D eigenvalue weighted by Gasteiger charge is -2.32. The first-order chi connectivity index (χ1) is 7.36. The van der Waals surface area contributed by atoms with Crippen molar-refractivity contribution in [2.24, 2.45) is 5.92 Å². The molecule has 3 nitrogen and oxygen atoms in total. The van der Waals surface area contributed by atoms with Crippen LogP contribution in [0, 0.1) is 5.92 Å². The molecule has 1 N–H and O–H groups in total. The van der Waals surface area contributed by atoms with Crippen LogP contribution in [0.3, 0.4) is 0 Å². The third kappa shape index (κ3) is 1.94. The zero-order valence-corrected chi connectivity index (χ0v) is 10.6. The molecule has 0 spiro atoms. The zero-order valence-electron chi connectivity index (χ0n) is 10.6. The SMILES string of the molecule is CC1(C)OB(C2=CCC(CO)C2)OC1(C)C. The molecule has 0 aromatic carbocycles. The number of hydrogen-bond donors (Lipinski definition) is 1. The van der Waals surface area contributed by atoms with Gasteiger partial charge in [-0.15, -0.1) is 0 Å². The Labute approximate surface area is 98.0 Å². The van der Waals surface area contributed by atoms with Crippen molar-refractivity contribution >= 4 is 7.12 Å². The Morgan fingerprint density at radius 3 is 2.31 bits per heavy atom. The third-order valence-corrected chi connectivity index (χ3v) is 4.05. The van der Waals surface area contributed by atoms with Gasteiger partial charge >= 0.3 is 7.12 Å². The number of hydrogen-bond acceptors (Lipinski definition) is 3. The van der Waals surface area contributed by atoms with Crippen LogP contribution in [0.4, 0.5) is 0 Å². The van der Waals surface area contributed by atoms with Crippen molar-refractivity contribution in [3.8, 4) is 0 Å². The molecule has 0 aromatic heterocycles. The average molecular weight is 224 g/mol. The average Bonchev–Trinajstić information content (AvgIpc) is 2.70. The molecule has 1 aliphatic heterocycles. The monoisotopic (exact) mass is 224 g/mol. The van der Waals surface area contributed by atoms with E-state index < -0.39 is 0 Å². The predicted molar refractivity (Wildman–Crippen MR) is 64.0 cm³/mol. The Morgan fingerprint density at radius 2 is 1.88 bits per heavy atom. The van der Waals surface area contributed by atoms with Gasteiger partial charge in [0.1, 0.15) is 0 Å². The fraction of sp³-hybridized carbons (Fsp3) is 0.833. The zero-order chi connectivity index (χ0) is 12.0. The Hall–Kier alpha value is -0.315. The van der Waals surface area contributed by atoms with Gasteiger partial charge in [0, 0.05) is 6.61 Å². The predicted octanol–water partition coefficient (Wildman–Crippen LogP) is 1.95. The molecule has 0 bridgehead atoms. The molecule has 1 heterocycles. The third-order valence-electron chi connectivity index (χ3n) is 4.05. The lowest BCUT2D eigenvalue weighted by Crippen LogP contribution is -2.41. The molecule has 4 heteroatoms. The molecule has 0 aromatic rings. The van der Waals surface area contributed by atoms with Crippen molar-refractivity contribution in [3.63, 3.8) is 0 Å². The van der Waals surface area contributed by atoms with Gasteiger partial charge in [-0.1, -0.05) is 6.08 Å². The molecule has 0 radical (unpaired) electrons. The summed E-state index contributed by atoms with van der Waals surface area (Å²) in [4.78, 5) is 0. The Kier molecular flexibility index (Phi) is 2.93. The Balaban J connectivity index is 2.05. The van der Waals surface area contributed by atoms with Crippen LogP contribution in [0.25, 0.3) is 0 Å². The molecule has 1 fully saturated rings. The quantitative estimate of drug-likeness (QED) is 0.728. The number of aliphatic hydroxyl groups is 1. The van der Waals surface area contributed by atoms with Crippen LogP contribution in [0.2, 0.25) is 0 Å². The number of aliphatic hydroxyl groups excluding tert-OH is 1. The fourth-order valence-electron chi connectivity index (χ4n) is 2.14. The van der Waals surface area contributed by atoms with Crippen LogP contribution in [0.15, 0.2) is 11.5 Å². The van der Waals surface area contributed by atoms with Crippen LogP contribution in [-0.2, 0) is 9.31 Å². The summed E-state index contributed by atoms with van der Waals surface area (Å²) >= 11 is 0. The van der Waals surface area contributed by atoms with Crippen molar-refractivity contribution in [3.05, 3.63) is 11.5 Å². The minimum Gasteiger partial charge on any atom is -0.400 e. The molecule has 90 valence electrons. The van der Waals surface area contributed by atoms with Crippen molar-refractivity contribution in [2.75, 3.05) is 6.61 Å². The summed E-state index contributed by atoms with van der Waals surface area (Å²) in [7, 11) is -0.221. The summed E-state index contributed by atoms with van der Waals surface area (Å²) in [6.07, 6.45) is 3.99. The lowest BCUT2D eigenvalue weighted by atomic mass is 9.77. The molecular formula is C12H21BO3. The first-order valence-corrected chi connectivity index (χ1v) is 6.01. The minimum atomic E-state index is -0.268. The van der Waals surface area contributed by atoms with Gasteiger partial charge in [-0.05, 0) is 51.9 Å². The van der Waals surface area contributed by atoms with Crippen LogP contribution in [-0.4, -0.2) is 30.0 Å². The molecule has 1 aliphatic carbocycles. The second-order valence-electron chi connectivity index (χ2n) is 5.86. The molecule has 0 saturated carbocycles. The van der Waals surface area contributed by atoms with Gasteiger partial charge in [-0.3, -0.25) is 0 Å². The number of rotatable bonds is 2. The standard InChI is InChI=1S/C12H21BO3/c1-11(2)12(3,4)16-13(15-11)10-6-5-9(7-10)8-14/h6,9,14H,5,7-8H2,1-4H3. The molecule has 2 rings (SSSR count). The van der Waals surface area contributed by atoms with Gasteiger partial charge in [-0.25, -0.2) is 0 Å². The van der Waals surface area contributed by atoms with Crippen molar-refractivity contribution in [2.45, 2.75) is 51.7 Å². The van der Waals surface area contributed by atoms with Gasteiger partial charge in [-0.2, -0.15) is 0 Å². The van der Waals surface area contributed by atoms with Crippen molar-refractivity contribution in [1.82, 2.24) is 0 Å². The van der Waals surface area contributed by atoms with Gasteiger partial charge in [0.05, 0.1) is 11.2 Å². The normalized spacial score (nSPS) is 31.9. The first kappa shape index (κ1) is 12.2. The highest BCUT2D eigenvalue weighted by Crippen LogP contribution is 2.41. The molecule has 1 atom stereocenters. The summed E-state index contributed by atoms with van der Waals surface area (Å²) in [5, 5.41) is 9.12. The van der Waals surface area contributed by atoms with Crippen LogP contribution in [0.5, 0.6) is 0 Å². The van der Waals surface area contributed by atoms with E-state index in [9.17, 15) is 0 Å². The summed E-state index contributed by atoms with van der Waals surface area (Å²) in [6, 6.07) is 0. The summed E-state index contributed by atoms with van der Waals surface area (Å²) < 4.78 is 11.9. The van der Waals surface area contributed by atoms with E-state index in [2.05, 4.69) is 33.8 Å². The van der Waals surface area contributed by atoms with Gasteiger partial charge in [0.2, 0.25) is 0 Å². The van der Waals surface area contributed by atoms with Crippen molar-refractivity contribution in [1.29, 1.82) is 0 Å². The Bertz CT molecular complexity index is 293. The molecule has 1 saturated heterocycles. The summed E-state index contributed by atoms with van der Waals surface area (Å²) in [6.45, 7) is 8.50. The van der Waals surface area contributed by atoms with E-state index in [1.54, 1.807) is 0 Å². The number of allylic oxidation sites excluding steroid dienone is 2. The Morgan fingerprint density at radius 1 is 1.31 bits per heavy atom. The van der Waals surface area contributed by atoms with Crippen LogP contribution >= 0.6 is 0 Å². The molecule has 2 aliphatic rings. The highest BCUT2D eigenvalue weighted by Gasteiger charge is 2.52. The lowest BCUT2D eigenvalue weighted by molar-refractivity contribution is 0.00578. The van der Waals surface area contributed by atoms with E-state index >= 15 is 0 Å². The molecule has 1 unspecified atom stereocenters. The minimum absolute atomic E-state index is 0.221. The van der Waals surface area contributed by atoms with E-state index in [-0.39, 0.29) is 24.9 Å². The second kappa shape index (κ2) is 3.86. The van der Waals surface area contributed by atoms with Gasteiger partial charge < -0.3 is 14.4 Å². The smallest absolute Gasteiger partial charge is 0.400 e. The van der Waals surface area contributed by atoms with Gasteiger partial charge in [0.25, 0.3) is 0 Å². The van der Waals surface area contributed by atoms with Crippen LogP contribution in [0.1, 0.15) is 40.5 Å². The van der Waals surface area contributed by atoms with Gasteiger partial charge in [0.15, 0.2) is 0 Å². The molecule has 0 amide bonds. The van der Waals surface area contributed by atoms with E-state index in [4.69, 9.17) is 14.4 Å². The maximum atomic E-state index is 9.12. The van der Waals surface area contributed by atoms with E-state index in [0.717, 1.165) is 12.8 Å². The fourth-order valence-corrected chi connectivity index (χ4v) is 2.14. The highest BCUT2D eigenvalue weighted by atomic mass is 16.7. The van der Waals surface area contributed by atoms with E-state index in [0.29, 0.717) is 5.92 Å². The molecule has 16 heavy (non-hydrogen) atoms. The summed E-state index contributed by atoms with van der Waals surface area (Å²) in [5.74, 6) is 0.356. The largest absolute Gasteiger partial charge is 0.490 e. The maximum absolute atomic E-state index is 9.12. The maximum Gasteiger partial charge on any atom is 0.490 e. The van der Waals surface area contributed by atoms with E-state index in [1.807, 2.05) is 0 Å². The molecular weight excluding hydrogens is 203 g/mol. The summed E-state index contributed by atoms with van der Waals surface area (Å²) in [5.41, 5.74) is 0.656. The highest BCUT2D eigenvalue weighted by molar-refractivity contribution is 6.54. The first-order valence-electron chi connectivity index (χ1n) is 6.01. The second-order valence-corrected chi connectivity index (χ2v) is 5.86. The van der Waals surface area contributed by atoms with E-state index in [1.165, 1.54) is 5.47 Å². The van der Waals surface area contributed by atoms with Crippen molar-refractivity contribution < 1.29 is 14.4 Å².